The molecule has 1 aliphatic rings. The lowest BCUT2D eigenvalue weighted by atomic mass is 10.1. The van der Waals surface area contributed by atoms with Crippen LogP contribution >= 0.6 is 11.6 Å². The van der Waals surface area contributed by atoms with Crippen molar-refractivity contribution >= 4 is 29.1 Å². The Morgan fingerprint density at radius 1 is 1.32 bits per heavy atom. The van der Waals surface area contributed by atoms with Crippen LogP contribution in [0, 0.1) is 0 Å². The van der Waals surface area contributed by atoms with Crippen LogP contribution in [-0.2, 0) is 15.7 Å². The van der Waals surface area contributed by atoms with Gasteiger partial charge in [-0.05, 0) is 44.4 Å². The lowest BCUT2D eigenvalue weighted by molar-refractivity contribution is -0.138. The van der Waals surface area contributed by atoms with E-state index in [-0.39, 0.29) is 23.2 Å². The number of nitrogens with one attached hydrogen (secondary N) is 1. The van der Waals surface area contributed by atoms with Gasteiger partial charge < -0.3 is 9.64 Å². The van der Waals surface area contributed by atoms with Crippen molar-refractivity contribution in [2.24, 2.45) is 5.10 Å². The average Bonchev–Trinajstić information content (AvgIpc) is 2.57. The molecule has 5 nitrogen and oxygen atoms in total. The molecule has 0 unspecified atom stereocenters. The molecule has 0 spiro atoms. The Balaban J connectivity index is 2.26. The number of amidine groups is 1. The maximum atomic E-state index is 12.8. The predicted octanol–water partition coefficient (Wildman–Crippen LogP) is 4.13. The van der Waals surface area contributed by atoms with Crippen molar-refractivity contribution in [3.63, 3.8) is 0 Å². The first-order valence-electron chi connectivity index (χ1n) is 7.95. The average molecular weight is 378 g/mol. The first kappa shape index (κ1) is 19.4. The van der Waals surface area contributed by atoms with Crippen LogP contribution in [0.1, 0.15) is 31.7 Å². The van der Waals surface area contributed by atoms with Gasteiger partial charge in [-0.2, -0.15) is 13.2 Å². The topological polar surface area (TPSA) is 53.9 Å². The third-order valence-electron chi connectivity index (χ3n) is 3.69. The predicted molar refractivity (Wildman–Crippen MR) is 89.6 cm³/mol. The zero-order chi connectivity index (χ0) is 18.4. The number of benzene rings is 1. The monoisotopic (exact) mass is 377 g/mol. The van der Waals surface area contributed by atoms with E-state index >= 15 is 0 Å². The Labute approximate surface area is 148 Å². The van der Waals surface area contributed by atoms with Crippen LogP contribution in [0.25, 0.3) is 0 Å². The molecule has 25 heavy (non-hydrogen) atoms. The largest absolute Gasteiger partial charge is 0.460 e. The number of hydrazone groups is 1. The summed E-state index contributed by atoms with van der Waals surface area (Å²) in [5.41, 5.74) is 1.59. The summed E-state index contributed by atoms with van der Waals surface area (Å²) in [6.07, 6.45) is -1.63. The fourth-order valence-electron chi connectivity index (χ4n) is 2.45. The molecule has 1 aromatic rings. The van der Waals surface area contributed by atoms with E-state index in [1.54, 1.807) is 11.8 Å². The van der Waals surface area contributed by atoms with Crippen LogP contribution in [0.2, 0.25) is 5.02 Å². The van der Waals surface area contributed by atoms with E-state index in [0.29, 0.717) is 13.1 Å². The van der Waals surface area contributed by atoms with Gasteiger partial charge in [-0.15, -0.1) is 5.10 Å². The van der Waals surface area contributed by atoms with Gasteiger partial charge in [0.25, 0.3) is 0 Å². The SMILES string of the molecule is CCOC(=O)/C(=N\Nc1cc(C(F)(F)F)ccc1Cl)N1CCCCC1. The molecule has 0 aliphatic carbocycles. The Morgan fingerprint density at radius 3 is 2.60 bits per heavy atom. The number of anilines is 1. The maximum absolute atomic E-state index is 12.8. The van der Waals surface area contributed by atoms with Crippen molar-refractivity contribution in [2.75, 3.05) is 25.1 Å². The second kappa shape index (κ2) is 8.42. The second-order valence-electron chi connectivity index (χ2n) is 5.51. The highest BCUT2D eigenvalue weighted by Gasteiger charge is 2.31. The summed E-state index contributed by atoms with van der Waals surface area (Å²) in [5.74, 6) is -0.588. The number of carbonyl (C=O) groups is 1. The Kier molecular flexibility index (Phi) is 6.52. The number of hydrogen-bond acceptors (Lipinski definition) is 4. The maximum Gasteiger partial charge on any atom is 0.416 e. The molecule has 138 valence electrons. The van der Waals surface area contributed by atoms with E-state index in [2.05, 4.69) is 10.5 Å². The van der Waals surface area contributed by atoms with Crippen LogP contribution in [0.15, 0.2) is 23.3 Å². The van der Waals surface area contributed by atoms with E-state index in [1.165, 1.54) is 0 Å². The molecule has 0 aromatic heterocycles. The summed E-state index contributed by atoms with van der Waals surface area (Å²) in [7, 11) is 0. The minimum atomic E-state index is -4.50. The number of nitrogens with zero attached hydrogens (tertiary/aromatic N) is 2. The molecule has 1 saturated heterocycles. The number of piperidine rings is 1. The number of rotatable bonds is 3. The molecule has 1 heterocycles. The molecule has 0 radical (unpaired) electrons. The van der Waals surface area contributed by atoms with Gasteiger partial charge in [0.05, 0.1) is 22.9 Å². The highest BCUT2D eigenvalue weighted by Crippen LogP contribution is 2.33. The van der Waals surface area contributed by atoms with Crippen molar-refractivity contribution in [2.45, 2.75) is 32.4 Å². The van der Waals surface area contributed by atoms with Crippen LogP contribution in [0.3, 0.4) is 0 Å². The summed E-state index contributed by atoms with van der Waals surface area (Å²) in [6.45, 7) is 3.12. The molecule has 1 fully saturated rings. The molecular weight excluding hydrogens is 359 g/mol. The molecule has 9 heteroatoms. The number of ether oxygens (including phenoxy) is 1. The van der Waals surface area contributed by atoms with E-state index in [4.69, 9.17) is 16.3 Å². The van der Waals surface area contributed by atoms with Gasteiger partial charge in [-0.1, -0.05) is 11.6 Å². The zero-order valence-corrected chi connectivity index (χ0v) is 14.5. The van der Waals surface area contributed by atoms with Gasteiger partial charge in [-0.3, -0.25) is 5.43 Å². The molecular formula is C16H19ClF3N3O2. The fourth-order valence-corrected chi connectivity index (χ4v) is 2.61. The first-order chi connectivity index (χ1) is 11.8. The van der Waals surface area contributed by atoms with Crippen LogP contribution < -0.4 is 5.43 Å². The quantitative estimate of drug-likeness (QED) is 0.372. The summed E-state index contributed by atoms with van der Waals surface area (Å²) in [6, 6.07) is 2.87. The lowest BCUT2D eigenvalue weighted by Crippen LogP contribution is -2.41. The number of carbonyl (C=O) groups excluding carboxylic acids is 1. The summed E-state index contributed by atoms with van der Waals surface area (Å²) < 4.78 is 43.5. The van der Waals surface area contributed by atoms with Gasteiger partial charge in [0.2, 0.25) is 5.84 Å². The molecule has 0 amide bonds. The molecule has 0 atom stereocenters. The van der Waals surface area contributed by atoms with Crippen molar-refractivity contribution < 1.29 is 22.7 Å². The van der Waals surface area contributed by atoms with Crippen molar-refractivity contribution in [1.82, 2.24) is 4.90 Å². The van der Waals surface area contributed by atoms with Crippen LogP contribution in [-0.4, -0.2) is 36.4 Å². The zero-order valence-electron chi connectivity index (χ0n) is 13.7. The summed E-state index contributed by atoms with van der Waals surface area (Å²) in [4.78, 5) is 13.9. The number of halogens is 4. The van der Waals surface area contributed by atoms with Crippen molar-refractivity contribution in [1.29, 1.82) is 0 Å². The normalized spacial score (nSPS) is 15.9. The number of hydrogen-bond donors (Lipinski definition) is 1. The number of alkyl halides is 3. The lowest BCUT2D eigenvalue weighted by Gasteiger charge is -2.28. The van der Waals surface area contributed by atoms with E-state index in [0.717, 1.165) is 37.5 Å². The van der Waals surface area contributed by atoms with E-state index in [9.17, 15) is 18.0 Å². The molecule has 1 aromatic carbocycles. The number of esters is 1. The first-order valence-corrected chi connectivity index (χ1v) is 8.33. The minimum absolute atomic E-state index is 0.0321. The molecule has 2 rings (SSSR count). The fraction of sp³-hybridized carbons (Fsp3) is 0.500. The van der Waals surface area contributed by atoms with Crippen LogP contribution in [0.5, 0.6) is 0 Å². The van der Waals surface area contributed by atoms with Gasteiger partial charge in [0, 0.05) is 13.1 Å². The number of likely N-dealkylation sites (tertiary alicyclic amines) is 1. The smallest absolute Gasteiger partial charge is 0.416 e. The van der Waals surface area contributed by atoms with Gasteiger partial charge in [0.1, 0.15) is 0 Å². The molecule has 0 saturated carbocycles. The second-order valence-corrected chi connectivity index (χ2v) is 5.91. The highest BCUT2D eigenvalue weighted by atomic mass is 35.5. The van der Waals surface area contributed by atoms with Gasteiger partial charge in [-0.25, -0.2) is 4.79 Å². The minimum Gasteiger partial charge on any atom is -0.460 e. The van der Waals surface area contributed by atoms with E-state index in [1.807, 2.05) is 0 Å². The summed E-state index contributed by atoms with van der Waals surface area (Å²) >= 11 is 5.93. The third-order valence-corrected chi connectivity index (χ3v) is 4.02. The Hall–Kier alpha value is -1.96. The van der Waals surface area contributed by atoms with Crippen molar-refractivity contribution in [3.05, 3.63) is 28.8 Å². The molecule has 0 bridgehead atoms. The Bertz CT molecular complexity index is 644. The van der Waals surface area contributed by atoms with Gasteiger partial charge in [0.15, 0.2) is 0 Å². The standard InChI is InChI=1S/C16H19ClF3N3O2/c1-2-25-15(24)14(23-8-4-3-5-9-23)22-21-13-10-11(16(18,19)20)6-7-12(13)17/h6-7,10,21H,2-5,8-9H2,1H3/b22-14+. The van der Waals surface area contributed by atoms with Gasteiger partial charge >= 0.3 is 12.1 Å². The van der Waals surface area contributed by atoms with Crippen LogP contribution in [0.4, 0.5) is 18.9 Å². The Morgan fingerprint density at radius 2 is 2.00 bits per heavy atom. The highest BCUT2D eigenvalue weighted by molar-refractivity contribution is 6.35. The van der Waals surface area contributed by atoms with E-state index < -0.39 is 17.7 Å². The van der Waals surface area contributed by atoms with Crippen molar-refractivity contribution in [3.8, 4) is 0 Å². The molecule has 1 N–H and O–H groups in total. The molecule has 1 aliphatic heterocycles. The third kappa shape index (κ3) is 5.26. The summed E-state index contributed by atoms with van der Waals surface area (Å²) in [5, 5.41) is 4.05.